The summed E-state index contributed by atoms with van der Waals surface area (Å²) in [6.07, 6.45) is -1.17. The molecule has 0 aliphatic rings. The lowest BCUT2D eigenvalue weighted by atomic mass is 10.3. The van der Waals surface area contributed by atoms with Crippen LogP contribution in [0.2, 0.25) is 0 Å². The van der Waals surface area contributed by atoms with E-state index in [1.54, 1.807) is 5.32 Å². The van der Waals surface area contributed by atoms with Gasteiger partial charge in [-0.15, -0.1) is 0 Å². The standard InChI is InChI=1S/C6H8Cl3NO5/c1-2-15-4(13)10-5(7,3(11)12)6(8,9)14/h14H,2H2,1H3,(H,10,13)(H,11,12). The molecule has 0 aliphatic heterocycles. The van der Waals surface area contributed by atoms with Crippen LogP contribution in [-0.4, -0.2) is 38.4 Å². The lowest BCUT2D eigenvalue weighted by Crippen LogP contribution is -2.60. The zero-order valence-corrected chi connectivity index (χ0v) is 9.73. The molecule has 0 saturated heterocycles. The van der Waals surface area contributed by atoms with Crippen molar-refractivity contribution in [2.24, 2.45) is 0 Å². The first-order chi connectivity index (χ1) is 6.65. The topological polar surface area (TPSA) is 95.9 Å². The number of carbonyl (C=O) groups excluding carboxylic acids is 1. The number of carbonyl (C=O) groups is 2. The van der Waals surface area contributed by atoms with Crippen molar-refractivity contribution in [1.29, 1.82) is 0 Å². The number of alkyl carbamates (subject to hydrolysis) is 1. The van der Waals surface area contributed by atoms with Crippen LogP contribution in [0.15, 0.2) is 0 Å². The molecule has 1 unspecified atom stereocenters. The van der Waals surface area contributed by atoms with Crippen LogP contribution < -0.4 is 5.32 Å². The number of carboxylic acid groups (broad SMARTS) is 1. The molecule has 0 fully saturated rings. The van der Waals surface area contributed by atoms with Crippen molar-refractivity contribution in [2.45, 2.75) is 16.4 Å². The maximum Gasteiger partial charge on any atom is 0.409 e. The van der Waals surface area contributed by atoms with E-state index in [-0.39, 0.29) is 6.61 Å². The minimum absolute atomic E-state index is 0.0125. The molecule has 3 N–H and O–H groups in total. The average molecular weight is 280 g/mol. The average Bonchev–Trinajstić information content (AvgIpc) is 2.01. The number of amides is 1. The van der Waals surface area contributed by atoms with Gasteiger partial charge in [0.25, 0.3) is 9.52 Å². The first-order valence-electron chi connectivity index (χ1n) is 3.62. The molecule has 1 atom stereocenters. The van der Waals surface area contributed by atoms with Gasteiger partial charge in [-0.3, -0.25) is 5.32 Å². The van der Waals surface area contributed by atoms with Crippen LogP contribution in [0.3, 0.4) is 0 Å². The molecule has 0 spiro atoms. The maximum absolute atomic E-state index is 10.9. The number of halogens is 3. The second kappa shape index (κ2) is 5.07. The molecular weight excluding hydrogens is 272 g/mol. The summed E-state index contributed by atoms with van der Waals surface area (Å²) in [7, 11) is 0. The second-order valence-corrected chi connectivity index (χ2v) is 4.20. The summed E-state index contributed by atoms with van der Waals surface area (Å²) in [5.41, 5.74) is 0. The Labute approximate surface area is 100 Å². The summed E-state index contributed by atoms with van der Waals surface area (Å²) in [6.45, 7) is 1.48. The molecule has 0 radical (unpaired) electrons. The minimum Gasteiger partial charge on any atom is -0.478 e. The lowest BCUT2D eigenvalue weighted by molar-refractivity contribution is -0.144. The van der Waals surface area contributed by atoms with E-state index in [4.69, 9.17) is 45.0 Å². The van der Waals surface area contributed by atoms with Crippen molar-refractivity contribution in [3.63, 3.8) is 0 Å². The van der Waals surface area contributed by atoms with E-state index in [9.17, 15) is 9.59 Å². The highest BCUT2D eigenvalue weighted by atomic mass is 35.5. The van der Waals surface area contributed by atoms with Crippen molar-refractivity contribution in [3.8, 4) is 0 Å². The quantitative estimate of drug-likeness (QED) is 0.525. The van der Waals surface area contributed by atoms with Gasteiger partial charge >= 0.3 is 12.1 Å². The highest BCUT2D eigenvalue weighted by Crippen LogP contribution is 2.35. The van der Waals surface area contributed by atoms with E-state index in [0.29, 0.717) is 0 Å². The third-order valence-electron chi connectivity index (χ3n) is 1.26. The van der Waals surface area contributed by atoms with Crippen LogP contribution in [0, 0.1) is 0 Å². The normalized spacial score (nSPS) is 15.3. The minimum atomic E-state index is -2.90. The van der Waals surface area contributed by atoms with E-state index in [1.165, 1.54) is 6.92 Å². The highest BCUT2D eigenvalue weighted by molar-refractivity contribution is 6.55. The zero-order valence-electron chi connectivity index (χ0n) is 7.46. The molecule has 15 heavy (non-hydrogen) atoms. The number of aliphatic hydroxyl groups is 1. The molecule has 1 amide bonds. The smallest absolute Gasteiger partial charge is 0.409 e. The van der Waals surface area contributed by atoms with Crippen molar-refractivity contribution in [2.75, 3.05) is 6.61 Å². The highest BCUT2D eigenvalue weighted by Gasteiger charge is 2.56. The molecule has 0 heterocycles. The SMILES string of the molecule is CCOC(=O)NC(Cl)(C(=O)O)C(O)(Cl)Cl. The monoisotopic (exact) mass is 279 g/mol. The Morgan fingerprint density at radius 2 is 1.87 bits per heavy atom. The first-order valence-corrected chi connectivity index (χ1v) is 4.76. The predicted octanol–water partition coefficient (Wildman–Crippen LogP) is 0.876. The van der Waals surface area contributed by atoms with E-state index in [2.05, 4.69) is 4.74 Å². The van der Waals surface area contributed by atoms with Crippen LogP contribution in [0.1, 0.15) is 6.92 Å². The molecule has 6 nitrogen and oxygen atoms in total. The van der Waals surface area contributed by atoms with Gasteiger partial charge in [0.2, 0.25) is 0 Å². The maximum atomic E-state index is 10.9. The fraction of sp³-hybridized carbons (Fsp3) is 0.667. The van der Waals surface area contributed by atoms with Gasteiger partial charge in [0, 0.05) is 0 Å². The van der Waals surface area contributed by atoms with E-state index in [1.807, 2.05) is 0 Å². The number of hydrogen-bond acceptors (Lipinski definition) is 4. The molecule has 0 bridgehead atoms. The molecule has 9 heteroatoms. The molecule has 0 aromatic heterocycles. The molecule has 0 rings (SSSR count). The van der Waals surface area contributed by atoms with Crippen molar-refractivity contribution in [3.05, 3.63) is 0 Å². The van der Waals surface area contributed by atoms with Gasteiger partial charge in [0.15, 0.2) is 0 Å². The van der Waals surface area contributed by atoms with Crippen molar-refractivity contribution in [1.82, 2.24) is 5.32 Å². The molecule has 0 aliphatic carbocycles. The Bertz CT molecular complexity index is 266. The van der Waals surface area contributed by atoms with Crippen LogP contribution in [0.25, 0.3) is 0 Å². The van der Waals surface area contributed by atoms with Gasteiger partial charge in [-0.05, 0) is 6.92 Å². The summed E-state index contributed by atoms with van der Waals surface area (Å²) < 4.78 is 1.46. The Balaban J connectivity index is 4.84. The van der Waals surface area contributed by atoms with Crippen molar-refractivity contribution >= 4 is 46.9 Å². The molecular formula is C6H8Cl3NO5. The number of rotatable bonds is 4. The number of ether oxygens (including phenoxy) is 1. The van der Waals surface area contributed by atoms with Gasteiger partial charge in [0.1, 0.15) is 0 Å². The number of carboxylic acids is 1. The van der Waals surface area contributed by atoms with Crippen LogP contribution in [0.4, 0.5) is 4.79 Å². The van der Waals surface area contributed by atoms with E-state index >= 15 is 0 Å². The van der Waals surface area contributed by atoms with E-state index in [0.717, 1.165) is 0 Å². The summed E-state index contributed by atoms with van der Waals surface area (Å²) in [4.78, 5) is 18.8. The van der Waals surface area contributed by atoms with Gasteiger partial charge in [-0.2, -0.15) is 0 Å². The fourth-order valence-electron chi connectivity index (χ4n) is 0.565. The summed E-state index contributed by atoms with van der Waals surface area (Å²) in [5, 5.41) is 19.4. The third kappa shape index (κ3) is 3.57. The molecule has 0 aromatic carbocycles. The van der Waals surface area contributed by atoms with Crippen LogP contribution in [-0.2, 0) is 9.53 Å². The van der Waals surface area contributed by atoms with Gasteiger partial charge in [-0.1, -0.05) is 34.8 Å². The second-order valence-electron chi connectivity index (χ2n) is 2.35. The Morgan fingerprint density at radius 3 is 2.13 bits per heavy atom. The molecule has 0 saturated carbocycles. The summed E-state index contributed by atoms with van der Waals surface area (Å²) in [6, 6.07) is 0. The number of nitrogens with one attached hydrogen (secondary N) is 1. The molecule has 88 valence electrons. The van der Waals surface area contributed by atoms with E-state index < -0.39 is 21.6 Å². The Hall–Kier alpha value is -0.430. The zero-order chi connectivity index (χ0) is 12.3. The van der Waals surface area contributed by atoms with Gasteiger partial charge < -0.3 is 14.9 Å². The van der Waals surface area contributed by atoms with Gasteiger partial charge in [0.05, 0.1) is 6.61 Å². The number of alkyl halides is 3. The predicted molar refractivity (Wildman–Crippen MR) is 53.0 cm³/mol. The summed E-state index contributed by atoms with van der Waals surface area (Å²) in [5.74, 6) is -1.83. The number of aliphatic carboxylic acids is 1. The third-order valence-corrected chi connectivity index (χ3v) is 2.55. The largest absolute Gasteiger partial charge is 0.478 e. The van der Waals surface area contributed by atoms with Crippen LogP contribution in [0.5, 0.6) is 0 Å². The Morgan fingerprint density at radius 1 is 1.40 bits per heavy atom. The number of hydrogen-bond donors (Lipinski definition) is 3. The summed E-state index contributed by atoms with van der Waals surface area (Å²) >= 11 is 15.6. The van der Waals surface area contributed by atoms with Gasteiger partial charge in [-0.25, -0.2) is 9.59 Å². The first kappa shape index (κ1) is 14.6. The molecule has 0 aromatic rings. The Kier molecular flexibility index (Phi) is 4.92. The van der Waals surface area contributed by atoms with Crippen LogP contribution >= 0.6 is 34.8 Å². The lowest BCUT2D eigenvalue weighted by Gasteiger charge is -2.29. The fourth-order valence-corrected chi connectivity index (χ4v) is 0.898. The van der Waals surface area contributed by atoms with Crippen molar-refractivity contribution < 1.29 is 24.5 Å².